The van der Waals surface area contributed by atoms with Crippen LogP contribution in [0.1, 0.15) is 54.3 Å². The number of imide groups is 1. The van der Waals surface area contributed by atoms with Gasteiger partial charge in [-0.3, -0.25) is 14.5 Å². The van der Waals surface area contributed by atoms with Crippen LogP contribution in [-0.2, 0) is 9.16 Å². The summed E-state index contributed by atoms with van der Waals surface area (Å²) in [4.78, 5) is 27.2. The number of nitrogens with zero attached hydrogens (tertiary/aromatic N) is 1. The van der Waals surface area contributed by atoms with Gasteiger partial charge in [-0.2, -0.15) is 0 Å². The molecule has 0 spiro atoms. The van der Waals surface area contributed by atoms with Crippen molar-refractivity contribution in [2.45, 2.75) is 50.8 Å². The van der Waals surface area contributed by atoms with Crippen LogP contribution in [0.2, 0.25) is 5.04 Å². The molecule has 0 N–H and O–H groups in total. The van der Waals surface area contributed by atoms with Crippen molar-refractivity contribution in [3.05, 3.63) is 96.1 Å². The smallest absolute Gasteiger partial charge is 0.261 e. The zero-order chi connectivity index (χ0) is 25.3. The number of carbonyl (C=O) groups excluding carboxylic acids is 2. The minimum Gasteiger partial charge on any atom is -0.405 e. The molecular formula is C30H33NO4Si. The molecule has 5 nitrogen and oxygen atoms in total. The van der Waals surface area contributed by atoms with E-state index in [1.807, 2.05) is 12.1 Å². The monoisotopic (exact) mass is 499 g/mol. The lowest BCUT2D eigenvalue weighted by Crippen LogP contribution is -2.67. The minimum absolute atomic E-state index is 0.0851. The zero-order valence-electron chi connectivity index (χ0n) is 21.1. The summed E-state index contributed by atoms with van der Waals surface area (Å²) in [6.45, 7) is 7.60. The van der Waals surface area contributed by atoms with Gasteiger partial charge in [0, 0.05) is 0 Å². The Hall–Kier alpha value is -3.06. The third-order valence-corrected chi connectivity index (χ3v) is 12.4. The molecule has 2 aliphatic heterocycles. The Morgan fingerprint density at radius 3 is 1.75 bits per heavy atom. The highest BCUT2D eigenvalue weighted by molar-refractivity contribution is 6.99. The standard InChI is InChI=1S/C30H33NO4Si/c1-30(2,3)36(24-12-6-4-7-13-24,25-14-8-5-9-15-25)35-21-23-19-18-22(20-34-23)31-28(32)26-16-10-11-17-27(26)29(31)33/h4-17,22-23H,18-21H2,1-3H3. The maximum atomic E-state index is 12.9. The summed E-state index contributed by atoms with van der Waals surface area (Å²) in [6.07, 6.45) is 1.36. The number of fused-ring (bicyclic) bond motifs is 1. The highest BCUT2D eigenvalue weighted by Gasteiger charge is 2.50. The number of rotatable bonds is 6. The van der Waals surface area contributed by atoms with Gasteiger partial charge in [0.2, 0.25) is 0 Å². The first-order valence-corrected chi connectivity index (χ1v) is 14.6. The van der Waals surface area contributed by atoms with E-state index in [0.29, 0.717) is 30.8 Å². The summed E-state index contributed by atoms with van der Waals surface area (Å²) in [7, 11) is -2.64. The van der Waals surface area contributed by atoms with Crippen molar-refractivity contribution < 1.29 is 18.8 Å². The van der Waals surface area contributed by atoms with Gasteiger partial charge < -0.3 is 9.16 Å². The van der Waals surface area contributed by atoms with Crippen LogP contribution in [0.4, 0.5) is 0 Å². The Balaban J connectivity index is 1.32. The first-order valence-electron chi connectivity index (χ1n) is 12.7. The number of carbonyl (C=O) groups is 2. The molecule has 0 radical (unpaired) electrons. The van der Waals surface area contributed by atoms with Crippen LogP contribution in [0.5, 0.6) is 0 Å². The van der Waals surface area contributed by atoms with Crippen molar-refractivity contribution >= 4 is 30.5 Å². The molecule has 1 saturated heterocycles. The van der Waals surface area contributed by atoms with E-state index in [1.165, 1.54) is 15.3 Å². The van der Waals surface area contributed by atoms with Crippen molar-refractivity contribution in [2.75, 3.05) is 13.2 Å². The van der Waals surface area contributed by atoms with Gasteiger partial charge in [-0.25, -0.2) is 0 Å². The summed E-state index contributed by atoms with van der Waals surface area (Å²) in [5.41, 5.74) is 0.972. The van der Waals surface area contributed by atoms with Crippen LogP contribution in [0.15, 0.2) is 84.9 Å². The molecule has 3 aromatic carbocycles. The highest BCUT2D eigenvalue weighted by atomic mass is 28.4. The van der Waals surface area contributed by atoms with E-state index in [9.17, 15) is 9.59 Å². The van der Waals surface area contributed by atoms with Gasteiger partial charge >= 0.3 is 0 Å². The fourth-order valence-electron chi connectivity index (χ4n) is 5.65. The highest BCUT2D eigenvalue weighted by Crippen LogP contribution is 2.37. The predicted octanol–water partition coefficient (Wildman–Crippen LogP) is 4.41. The summed E-state index contributed by atoms with van der Waals surface area (Å²) in [6, 6.07) is 27.9. The molecule has 0 bridgehead atoms. The molecule has 2 atom stereocenters. The van der Waals surface area contributed by atoms with Crippen LogP contribution < -0.4 is 10.4 Å². The second-order valence-corrected chi connectivity index (χ2v) is 15.0. The Morgan fingerprint density at radius 2 is 1.31 bits per heavy atom. The Bertz CT molecular complexity index is 1160. The summed E-state index contributed by atoms with van der Waals surface area (Å²) < 4.78 is 13.3. The van der Waals surface area contributed by atoms with Gasteiger partial charge in [-0.15, -0.1) is 0 Å². The summed E-state index contributed by atoms with van der Waals surface area (Å²) in [5, 5.41) is 2.37. The molecule has 0 saturated carbocycles. The molecule has 2 heterocycles. The molecule has 2 aliphatic rings. The van der Waals surface area contributed by atoms with Crippen LogP contribution in [0.25, 0.3) is 0 Å². The molecule has 36 heavy (non-hydrogen) atoms. The molecule has 2 amide bonds. The average molecular weight is 500 g/mol. The fourth-order valence-corrected chi connectivity index (χ4v) is 10.2. The quantitative estimate of drug-likeness (QED) is 0.373. The fraction of sp³-hybridized carbons (Fsp3) is 0.333. The number of benzene rings is 3. The largest absolute Gasteiger partial charge is 0.405 e. The van der Waals surface area contributed by atoms with Crippen molar-refractivity contribution in [3.63, 3.8) is 0 Å². The number of hydrogen-bond acceptors (Lipinski definition) is 4. The van der Waals surface area contributed by atoms with Crippen LogP contribution in [-0.4, -0.2) is 50.4 Å². The van der Waals surface area contributed by atoms with Gasteiger partial charge in [-0.1, -0.05) is 93.6 Å². The van der Waals surface area contributed by atoms with Gasteiger partial charge in [-0.05, 0) is 40.4 Å². The Morgan fingerprint density at radius 1 is 0.806 bits per heavy atom. The first kappa shape index (κ1) is 24.6. The molecule has 1 fully saturated rings. The van der Waals surface area contributed by atoms with Crippen molar-refractivity contribution in [1.82, 2.24) is 4.90 Å². The maximum Gasteiger partial charge on any atom is 0.261 e. The minimum atomic E-state index is -2.64. The summed E-state index contributed by atoms with van der Waals surface area (Å²) >= 11 is 0. The van der Waals surface area contributed by atoms with E-state index in [-0.39, 0.29) is 29.0 Å². The van der Waals surface area contributed by atoms with Gasteiger partial charge in [0.15, 0.2) is 0 Å². The van der Waals surface area contributed by atoms with E-state index in [4.69, 9.17) is 9.16 Å². The second kappa shape index (κ2) is 9.77. The molecule has 3 aromatic rings. The van der Waals surface area contributed by atoms with Gasteiger partial charge in [0.25, 0.3) is 20.1 Å². The van der Waals surface area contributed by atoms with Crippen LogP contribution >= 0.6 is 0 Å². The lowest BCUT2D eigenvalue weighted by molar-refractivity contribution is -0.0445. The van der Waals surface area contributed by atoms with E-state index in [1.54, 1.807) is 24.3 Å². The third-order valence-electron chi connectivity index (χ3n) is 7.44. The average Bonchev–Trinajstić information content (AvgIpc) is 3.15. The lowest BCUT2D eigenvalue weighted by atomic mass is 10.0. The molecule has 6 heteroatoms. The third kappa shape index (κ3) is 4.23. The maximum absolute atomic E-state index is 12.9. The van der Waals surface area contributed by atoms with Crippen molar-refractivity contribution in [3.8, 4) is 0 Å². The summed E-state index contributed by atoms with van der Waals surface area (Å²) in [5.74, 6) is -0.433. The van der Waals surface area contributed by atoms with E-state index in [0.717, 1.165) is 6.42 Å². The number of hydrogen-bond donors (Lipinski definition) is 0. The number of ether oxygens (including phenoxy) is 1. The normalized spacial score (nSPS) is 20.5. The molecule has 5 rings (SSSR count). The number of amides is 2. The van der Waals surface area contributed by atoms with Crippen molar-refractivity contribution in [2.24, 2.45) is 0 Å². The first-order chi connectivity index (χ1) is 17.3. The second-order valence-electron chi connectivity index (χ2n) is 10.7. The van der Waals surface area contributed by atoms with Crippen molar-refractivity contribution in [1.29, 1.82) is 0 Å². The Labute approximate surface area is 214 Å². The zero-order valence-corrected chi connectivity index (χ0v) is 22.1. The Kier molecular flexibility index (Phi) is 6.68. The van der Waals surface area contributed by atoms with Gasteiger partial charge in [0.1, 0.15) is 0 Å². The molecule has 0 aliphatic carbocycles. The van der Waals surface area contributed by atoms with Gasteiger partial charge in [0.05, 0.1) is 36.5 Å². The predicted molar refractivity (Wildman–Crippen MR) is 143 cm³/mol. The van der Waals surface area contributed by atoms with Crippen LogP contribution in [0.3, 0.4) is 0 Å². The molecule has 186 valence electrons. The lowest BCUT2D eigenvalue weighted by Gasteiger charge is -2.44. The van der Waals surface area contributed by atoms with Crippen LogP contribution in [0, 0.1) is 0 Å². The van der Waals surface area contributed by atoms with E-state index in [2.05, 4.69) is 69.3 Å². The van der Waals surface area contributed by atoms with E-state index < -0.39 is 8.32 Å². The molecular weight excluding hydrogens is 466 g/mol. The molecule has 2 unspecified atom stereocenters. The topological polar surface area (TPSA) is 55.8 Å². The molecule has 0 aromatic heterocycles. The SMILES string of the molecule is CC(C)(C)[Si](OCC1CCC(N2C(=O)c3ccccc3C2=O)CO1)(c1ccccc1)c1ccccc1. The van der Waals surface area contributed by atoms with E-state index >= 15 is 0 Å².